The molecule has 2 aliphatic rings. The Morgan fingerprint density at radius 3 is 2.77 bits per heavy atom. The summed E-state index contributed by atoms with van der Waals surface area (Å²) in [6.07, 6.45) is 3.59. The molecule has 0 bridgehead atoms. The van der Waals surface area contributed by atoms with Crippen LogP contribution in [0.1, 0.15) is 30.7 Å². The fraction of sp³-hybridized carbons (Fsp3) is 0.611. The number of hydrogen-bond donors (Lipinski definition) is 1. The van der Waals surface area contributed by atoms with Gasteiger partial charge in [0.1, 0.15) is 0 Å². The van der Waals surface area contributed by atoms with E-state index in [1.54, 1.807) is 0 Å². The molecule has 0 saturated carbocycles. The molecule has 2 aliphatic heterocycles. The van der Waals surface area contributed by atoms with Gasteiger partial charge < -0.3 is 15.5 Å². The Labute approximate surface area is 133 Å². The Morgan fingerprint density at radius 2 is 2.05 bits per heavy atom. The second-order valence-electron chi connectivity index (χ2n) is 6.72. The number of nitrogens with zero attached hydrogens (tertiary/aromatic N) is 2. The maximum atomic E-state index is 12.9. The van der Waals surface area contributed by atoms with Crippen molar-refractivity contribution in [3.05, 3.63) is 35.9 Å². The van der Waals surface area contributed by atoms with Crippen LogP contribution in [-0.4, -0.2) is 55.0 Å². The minimum atomic E-state index is -0.195. The minimum absolute atomic E-state index is 0.195. The van der Waals surface area contributed by atoms with Gasteiger partial charge in [-0.05, 0) is 44.3 Å². The first-order valence-corrected chi connectivity index (χ1v) is 8.44. The van der Waals surface area contributed by atoms with Crippen LogP contribution in [0.3, 0.4) is 0 Å². The first kappa shape index (κ1) is 15.5. The van der Waals surface area contributed by atoms with E-state index in [0.29, 0.717) is 18.5 Å². The second kappa shape index (κ2) is 6.80. The smallest absolute Gasteiger partial charge is 0.231 e. The Morgan fingerprint density at radius 1 is 1.27 bits per heavy atom. The van der Waals surface area contributed by atoms with Gasteiger partial charge in [0.2, 0.25) is 5.91 Å². The van der Waals surface area contributed by atoms with Crippen molar-refractivity contribution in [1.29, 1.82) is 0 Å². The molecule has 4 nitrogen and oxygen atoms in total. The molecule has 120 valence electrons. The number of carbonyl (C=O) groups is 1. The average Bonchev–Trinajstić information content (AvgIpc) is 2.56. The Hall–Kier alpha value is -1.39. The predicted octanol–water partition coefficient (Wildman–Crippen LogP) is 1.67. The van der Waals surface area contributed by atoms with Crippen LogP contribution in [0.25, 0.3) is 0 Å². The summed E-state index contributed by atoms with van der Waals surface area (Å²) in [5.74, 6) is 0.644. The van der Waals surface area contributed by atoms with Crippen LogP contribution in [0.4, 0.5) is 0 Å². The van der Waals surface area contributed by atoms with Crippen LogP contribution in [-0.2, 0) is 4.79 Å². The van der Waals surface area contributed by atoms with Crippen molar-refractivity contribution in [2.45, 2.75) is 31.2 Å². The zero-order valence-electron chi connectivity index (χ0n) is 13.4. The number of piperidine rings is 2. The van der Waals surface area contributed by atoms with E-state index in [1.807, 2.05) is 30.3 Å². The number of nitrogens with two attached hydrogens (primary N) is 1. The summed E-state index contributed by atoms with van der Waals surface area (Å²) in [5, 5.41) is 0. The van der Waals surface area contributed by atoms with E-state index in [2.05, 4.69) is 16.8 Å². The largest absolute Gasteiger partial charge is 0.342 e. The quantitative estimate of drug-likeness (QED) is 0.924. The van der Waals surface area contributed by atoms with Gasteiger partial charge in [-0.15, -0.1) is 0 Å². The fourth-order valence-corrected chi connectivity index (χ4v) is 4.14. The van der Waals surface area contributed by atoms with Crippen LogP contribution in [0, 0.1) is 5.92 Å². The molecule has 0 spiro atoms. The highest BCUT2D eigenvalue weighted by Gasteiger charge is 2.37. The van der Waals surface area contributed by atoms with Crippen LogP contribution < -0.4 is 5.73 Å². The summed E-state index contributed by atoms with van der Waals surface area (Å²) in [5.41, 5.74) is 6.95. The van der Waals surface area contributed by atoms with Gasteiger partial charge in [0, 0.05) is 25.7 Å². The van der Waals surface area contributed by atoms with Gasteiger partial charge in [-0.3, -0.25) is 4.79 Å². The highest BCUT2D eigenvalue weighted by Crippen LogP contribution is 2.31. The van der Waals surface area contributed by atoms with E-state index < -0.39 is 0 Å². The molecule has 1 aromatic rings. The third kappa shape index (κ3) is 3.03. The number of fused-ring (bicyclic) bond motifs is 1. The van der Waals surface area contributed by atoms with E-state index in [0.717, 1.165) is 25.1 Å². The van der Waals surface area contributed by atoms with Gasteiger partial charge in [-0.1, -0.05) is 30.3 Å². The lowest BCUT2D eigenvalue weighted by atomic mass is 9.83. The first-order valence-electron chi connectivity index (χ1n) is 8.44. The molecule has 2 fully saturated rings. The minimum Gasteiger partial charge on any atom is -0.342 e. The van der Waals surface area contributed by atoms with Gasteiger partial charge in [0.25, 0.3) is 0 Å². The van der Waals surface area contributed by atoms with Crippen molar-refractivity contribution in [3.63, 3.8) is 0 Å². The van der Waals surface area contributed by atoms with Gasteiger partial charge in [-0.25, -0.2) is 0 Å². The summed E-state index contributed by atoms with van der Waals surface area (Å²) in [4.78, 5) is 17.5. The van der Waals surface area contributed by atoms with E-state index in [-0.39, 0.29) is 11.8 Å². The maximum Gasteiger partial charge on any atom is 0.231 e. The summed E-state index contributed by atoms with van der Waals surface area (Å²) in [6.45, 7) is 3.35. The molecule has 0 radical (unpaired) electrons. The molecule has 0 aliphatic carbocycles. The molecule has 0 aromatic heterocycles. The monoisotopic (exact) mass is 301 g/mol. The molecule has 22 heavy (non-hydrogen) atoms. The van der Waals surface area contributed by atoms with Crippen LogP contribution >= 0.6 is 0 Å². The van der Waals surface area contributed by atoms with Crippen LogP contribution in [0.2, 0.25) is 0 Å². The Kier molecular flexibility index (Phi) is 4.79. The van der Waals surface area contributed by atoms with Crippen molar-refractivity contribution in [3.8, 4) is 0 Å². The molecular weight excluding hydrogens is 274 g/mol. The van der Waals surface area contributed by atoms with Gasteiger partial charge >= 0.3 is 0 Å². The second-order valence-corrected chi connectivity index (χ2v) is 6.72. The van der Waals surface area contributed by atoms with Crippen molar-refractivity contribution in [2.24, 2.45) is 11.7 Å². The summed E-state index contributed by atoms with van der Waals surface area (Å²) in [6, 6.07) is 10.6. The van der Waals surface area contributed by atoms with E-state index >= 15 is 0 Å². The summed E-state index contributed by atoms with van der Waals surface area (Å²) >= 11 is 0. The molecule has 3 unspecified atom stereocenters. The SMILES string of the molecule is CN1CCCC2CN(C(=O)C(CN)c3ccccc3)CCC21. The Bertz CT molecular complexity index is 504. The summed E-state index contributed by atoms with van der Waals surface area (Å²) < 4.78 is 0. The average molecular weight is 301 g/mol. The topological polar surface area (TPSA) is 49.6 Å². The molecule has 2 N–H and O–H groups in total. The zero-order chi connectivity index (χ0) is 15.5. The number of rotatable bonds is 3. The van der Waals surface area contributed by atoms with E-state index in [1.165, 1.54) is 19.4 Å². The molecule has 3 rings (SSSR count). The molecule has 1 amide bonds. The first-order chi connectivity index (χ1) is 10.7. The highest BCUT2D eigenvalue weighted by molar-refractivity contribution is 5.84. The molecule has 2 heterocycles. The van der Waals surface area contributed by atoms with Crippen molar-refractivity contribution in [2.75, 3.05) is 33.2 Å². The van der Waals surface area contributed by atoms with E-state index in [4.69, 9.17) is 5.73 Å². The number of hydrogen-bond acceptors (Lipinski definition) is 3. The maximum absolute atomic E-state index is 12.9. The lowest BCUT2D eigenvalue weighted by Crippen LogP contribution is -2.54. The number of benzene rings is 1. The predicted molar refractivity (Wildman–Crippen MR) is 88.6 cm³/mol. The summed E-state index contributed by atoms with van der Waals surface area (Å²) in [7, 11) is 2.22. The normalized spacial score (nSPS) is 27.3. The zero-order valence-corrected chi connectivity index (χ0v) is 13.4. The molecule has 1 aromatic carbocycles. The van der Waals surface area contributed by atoms with Crippen LogP contribution in [0.5, 0.6) is 0 Å². The molecule has 3 atom stereocenters. The molecule has 2 saturated heterocycles. The van der Waals surface area contributed by atoms with E-state index in [9.17, 15) is 4.79 Å². The lowest BCUT2D eigenvalue weighted by Gasteiger charge is -2.46. The third-order valence-corrected chi connectivity index (χ3v) is 5.39. The molecular formula is C18H27N3O. The Balaban J connectivity index is 1.70. The molecule has 4 heteroatoms. The third-order valence-electron chi connectivity index (χ3n) is 5.39. The number of amides is 1. The van der Waals surface area contributed by atoms with Gasteiger partial charge in [0.15, 0.2) is 0 Å². The van der Waals surface area contributed by atoms with Gasteiger partial charge in [-0.2, -0.15) is 0 Å². The standard InChI is InChI=1S/C18H27N3O/c1-20-10-5-8-15-13-21(11-9-17(15)20)18(22)16(12-19)14-6-3-2-4-7-14/h2-4,6-7,15-17H,5,8-13,19H2,1H3. The van der Waals surface area contributed by atoms with Crippen molar-refractivity contribution in [1.82, 2.24) is 9.80 Å². The fourth-order valence-electron chi connectivity index (χ4n) is 4.14. The number of carbonyl (C=O) groups excluding carboxylic acids is 1. The van der Waals surface area contributed by atoms with Gasteiger partial charge in [0.05, 0.1) is 5.92 Å². The lowest BCUT2D eigenvalue weighted by molar-refractivity contribution is -0.136. The highest BCUT2D eigenvalue weighted by atomic mass is 16.2. The van der Waals surface area contributed by atoms with Crippen molar-refractivity contribution >= 4 is 5.91 Å². The number of likely N-dealkylation sites (tertiary alicyclic amines) is 2. The van der Waals surface area contributed by atoms with Crippen LogP contribution in [0.15, 0.2) is 30.3 Å². The van der Waals surface area contributed by atoms with Crippen molar-refractivity contribution < 1.29 is 4.79 Å².